The summed E-state index contributed by atoms with van der Waals surface area (Å²) in [6.45, 7) is 9.02. The van der Waals surface area contributed by atoms with Crippen molar-refractivity contribution in [1.82, 2.24) is 10.3 Å². The molecule has 20 heavy (non-hydrogen) atoms. The lowest BCUT2D eigenvalue weighted by Crippen LogP contribution is -2.35. The zero-order chi connectivity index (χ0) is 14.6. The third-order valence-electron chi connectivity index (χ3n) is 3.41. The van der Waals surface area contributed by atoms with Crippen molar-refractivity contribution in [3.05, 3.63) is 23.9 Å². The summed E-state index contributed by atoms with van der Waals surface area (Å²) in [5, 5.41) is 3.47. The van der Waals surface area contributed by atoms with E-state index in [9.17, 15) is 0 Å². The first-order valence-corrected chi connectivity index (χ1v) is 7.36. The molecule has 1 saturated carbocycles. The third kappa shape index (κ3) is 4.86. The minimum Gasteiger partial charge on any atom is -0.345 e. The summed E-state index contributed by atoms with van der Waals surface area (Å²) in [4.78, 5) is 6.78. The fourth-order valence-electron chi connectivity index (χ4n) is 2.04. The molecule has 0 atom stereocenters. The lowest BCUT2D eigenvalue weighted by molar-refractivity contribution is 0.424. The van der Waals surface area contributed by atoms with Crippen LogP contribution in [0.3, 0.4) is 0 Å². The smallest absolute Gasteiger partial charge is 0.129 e. The Morgan fingerprint density at radius 2 is 2.15 bits per heavy atom. The van der Waals surface area contributed by atoms with E-state index >= 15 is 0 Å². The zero-order valence-electron chi connectivity index (χ0n) is 12.8. The van der Waals surface area contributed by atoms with Crippen molar-refractivity contribution in [2.24, 2.45) is 5.92 Å². The van der Waals surface area contributed by atoms with Crippen LogP contribution in [0.1, 0.15) is 39.2 Å². The largest absolute Gasteiger partial charge is 0.345 e. The SMILES string of the molecule is C#CCN(CC1CC1)c1ccc(CNC(C)(C)C)cn1. The van der Waals surface area contributed by atoms with E-state index in [2.05, 4.69) is 54.0 Å². The average Bonchev–Trinajstić information content (AvgIpc) is 3.20. The first kappa shape index (κ1) is 14.9. The van der Waals surface area contributed by atoms with E-state index in [1.54, 1.807) is 0 Å². The Morgan fingerprint density at radius 1 is 1.40 bits per heavy atom. The van der Waals surface area contributed by atoms with E-state index in [4.69, 9.17) is 6.42 Å². The molecule has 1 aromatic rings. The summed E-state index contributed by atoms with van der Waals surface area (Å²) < 4.78 is 0. The molecule has 1 N–H and O–H groups in total. The normalized spacial score (nSPS) is 14.9. The second-order valence-electron chi connectivity index (χ2n) is 6.66. The maximum absolute atomic E-state index is 5.46. The van der Waals surface area contributed by atoms with E-state index in [0.29, 0.717) is 6.54 Å². The highest BCUT2D eigenvalue weighted by molar-refractivity contribution is 5.41. The van der Waals surface area contributed by atoms with Crippen LogP contribution in [0, 0.1) is 18.3 Å². The van der Waals surface area contributed by atoms with Gasteiger partial charge in [0.2, 0.25) is 0 Å². The second kappa shape index (κ2) is 6.28. The predicted octanol–water partition coefficient (Wildman–Crippen LogP) is 2.82. The molecule has 3 heteroatoms. The Hall–Kier alpha value is -1.53. The van der Waals surface area contributed by atoms with Crippen molar-refractivity contribution in [2.75, 3.05) is 18.0 Å². The number of anilines is 1. The Bertz CT molecular complexity index is 460. The summed E-state index contributed by atoms with van der Waals surface area (Å²) in [6.07, 6.45) is 10.1. The van der Waals surface area contributed by atoms with Crippen LogP contribution in [0.25, 0.3) is 0 Å². The third-order valence-corrected chi connectivity index (χ3v) is 3.41. The number of aromatic nitrogens is 1. The molecular formula is C17H25N3. The van der Waals surface area contributed by atoms with Crippen LogP contribution < -0.4 is 10.2 Å². The zero-order valence-corrected chi connectivity index (χ0v) is 12.8. The van der Waals surface area contributed by atoms with Gasteiger partial charge in [-0.1, -0.05) is 12.0 Å². The highest BCUT2D eigenvalue weighted by Crippen LogP contribution is 2.30. The molecule has 0 bridgehead atoms. The second-order valence-corrected chi connectivity index (χ2v) is 6.66. The molecule has 0 unspecified atom stereocenters. The molecule has 0 spiro atoms. The van der Waals surface area contributed by atoms with Crippen LogP contribution in [0.5, 0.6) is 0 Å². The monoisotopic (exact) mass is 271 g/mol. The molecule has 0 aliphatic heterocycles. The van der Waals surface area contributed by atoms with E-state index < -0.39 is 0 Å². The number of nitrogens with zero attached hydrogens (tertiary/aromatic N) is 2. The number of hydrogen-bond acceptors (Lipinski definition) is 3. The van der Waals surface area contributed by atoms with Gasteiger partial charge in [0.1, 0.15) is 5.82 Å². The summed E-state index contributed by atoms with van der Waals surface area (Å²) >= 11 is 0. The van der Waals surface area contributed by atoms with Gasteiger partial charge < -0.3 is 10.2 Å². The Balaban J connectivity index is 1.96. The molecular weight excluding hydrogens is 246 g/mol. The molecule has 108 valence electrons. The quantitative estimate of drug-likeness (QED) is 0.806. The topological polar surface area (TPSA) is 28.2 Å². The van der Waals surface area contributed by atoms with Gasteiger partial charge in [-0.2, -0.15) is 0 Å². The molecule has 0 amide bonds. The number of pyridine rings is 1. The van der Waals surface area contributed by atoms with Gasteiger partial charge >= 0.3 is 0 Å². The molecule has 1 aliphatic carbocycles. The molecule has 0 saturated heterocycles. The van der Waals surface area contributed by atoms with E-state index in [1.807, 2.05) is 6.20 Å². The maximum atomic E-state index is 5.46. The van der Waals surface area contributed by atoms with Gasteiger partial charge in [-0.25, -0.2) is 4.98 Å². The predicted molar refractivity (Wildman–Crippen MR) is 84.6 cm³/mol. The highest BCUT2D eigenvalue weighted by Gasteiger charge is 2.24. The molecule has 1 aromatic heterocycles. The van der Waals surface area contributed by atoms with Crippen molar-refractivity contribution in [3.63, 3.8) is 0 Å². The van der Waals surface area contributed by atoms with Crippen LogP contribution in [0.15, 0.2) is 18.3 Å². The number of rotatable bonds is 6. The summed E-state index contributed by atoms with van der Waals surface area (Å²) in [7, 11) is 0. The number of hydrogen-bond donors (Lipinski definition) is 1. The van der Waals surface area contributed by atoms with Gasteiger partial charge in [-0.3, -0.25) is 0 Å². The van der Waals surface area contributed by atoms with E-state index in [1.165, 1.54) is 18.4 Å². The fraction of sp³-hybridized carbons (Fsp3) is 0.588. The minimum absolute atomic E-state index is 0.125. The van der Waals surface area contributed by atoms with E-state index in [-0.39, 0.29) is 5.54 Å². The Kier molecular flexibility index (Phi) is 4.67. The Labute approximate surface area is 122 Å². The van der Waals surface area contributed by atoms with Gasteiger partial charge in [-0.15, -0.1) is 6.42 Å². The van der Waals surface area contributed by atoms with Crippen LogP contribution >= 0.6 is 0 Å². The Morgan fingerprint density at radius 3 is 2.65 bits per heavy atom. The molecule has 1 fully saturated rings. The minimum atomic E-state index is 0.125. The molecule has 2 rings (SSSR count). The summed E-state index contributed by atoms with van der Waals surface area (Å²) in [5.74, 6) is 4.54. The van der Waals surface area contributed by atoms with Crippen molar-refractivity contribution < 1.29 is 0 Å². The highest BCUT2D eigenvalue weighted by atomic mass is 15.2. The lowest BCUT2D eigenvalue weighted by Gasteiger charge is -2.22. The number of terminal acetylenes is 1. The fourth-order valence-corrected chi connectivity index (χ4v) is 2.04. The standard InChI is InChI=1S/C17H25N3/c1-5-10-20(13-14-6-7-14)16-9-8-15(11-18-16)12-19-17(2,3)4/h1,8-9,11,14,19H,6-7,10,12-13H2,2-4H3. The molecule has 1 heterocycles. The van der Waals surface area contributed by atoms with E-state index in [0.717, 1.165) is 24.8 Å². The number of nitrogens with one attached hydrogen (secondary N) is 1. The van der Waals surface area contributed by atoms with Crippen molar-refractivity contribution in [1.29, 1.82) is 0 Å². The molecule has 1 aliphatic rings. The van der Waals surface area contributed by atoms with Gasteiger partial charge in [0.05, 0.1) is 6.54 Å². The summed E-state index contributed by atoms with van der Waals surface area (Å²) in [6, 6.07) is 4.22. The average molecular weight is 271 g/mol. The van der Waals surface area contributed by atoms with Gasteiger partial charge in [0.15, 0.2) is 0 Å². The van der Waals surface area contributed by atoms with Gasteiger partial charge in [0.25, 0.3) is 0 Å². The first-order chi connectivity index (χ1) is 9.48. The van der Waals surface area contributed by atoms with Crippen molar-refractivity contribution in [2.45, 2.75) is 45.7 Å². The first-order valence-electron chi connectivity index (χ1n) is 7.36. The van der Waals surface area contributed by atoms with Crippen LogP contribution in [-0.4, -0.2) is 23.6 Å². The molecule has 0 aromatic carbocycles. The molecule has 0 radical (unpaired) electrons. The van der Waals surface area contributed by atoms with Crippen LogP contribution in [-0.2, 0) is 6.54 Å². The van der Waals surface area contributed by atoms with Gasteiger partial charge in [0, 0.05) is 24.8 Å². The summed E-state index contributed by atoms with van der Waals surface area (Å²) in [5.41, 5.74) is 1.33. The van der Waals surface area contributed by atoms with Crippen LogP contribution in [0.4, 0.5) is 5.82 Å². The van der Waals surface area contributed by atoms with Crippen molar-refractivity contribution >= 4 is 5.82 Å². The van der Waals surface area contributed by atoms with Crippen LogP contribution in [0.2, 0.25) is 0 Å². The van der Waals surface area contributed by atoms with Crippen molar-refractivity contribution in [3.8, 4) is 12.3 Å². The lowest BCUT2D eigenvalue weighted by atomic mass is 10.1. The van der Waals surface area contributed by atoms with Gasteiger partial charge in [-0.05, 0) is 51.2 Å². The maximum Gasteiger partial charge on any atom is 0.129 e. The molecule has 3 nitrogen and oxygen atoms in total.